The van der Waals surface area contributed by atoms with Crippen molar-refractivity contribution >= 4 is 40.2 Å². The van der Waals surface area contributed by atoms with E-state index < -0.39 is 5.54 Å². The van der Waals surface area contributed by atoms with E-state index in [1.807, 2.05) is 30.5 Å². The molecule has 1 unspecified atom stereocenters. The van der Waals surface area contributed by atoms with Crippen molar-refractivity contribution in [2.45, 2.75) is 64.6 Å². The Kier molecular flexibility index (Phi) is 5.08. The van der Waals surface area contributed by atoms with Crippen molar-refractivity contribution in [1.82, 2.24) is 9.88 Å². The number of hydrogen-bond acceptors (Lipinski definition) is 3. The number of carbonyl (C=O) groups excluding carboxylic acids is 2. The molecule has 7 heteroatoms. The van der Waals surface area contributed by atoms with E-state index in [1.54, 1.807) is 29.4 Å². The Bertz CT molecular complexity index is 1200. The van der Waals surface area contributed by atoms with E-state index in [-0.39, 0.29) is 17.9 Å². The van der Waals surface area contributed by atoms with Crippen LogP contribution in [0.5, 0.6) is 0 Å². The van der Waals surface area contributed by atoms with Crippen LogP contribution in [-0.2, 0) is 11.3 Å². The van der Waals surface area contributed by atoms with Crippen LogP contribution in [0.4, 0.5) is 5.69 Å². The fraction of sp³-hybridized carbons (Fsp3) is 0.440. The number of hydrogen-bond donors (Lipinski definition) is 1. The number of nitrogens with one attached hydrogen (secondary N) is 1. The van der Waals surface area contributed by atoms with Gasteiger partial charge in [0.15, 0.2) is 5.58 Å². The third-order valence-corrected chi connectivity index (χ3v) is 7.39. The van der Waals surface area contributed by atoms with Gasteiger partial charge in [0.1, 0.15) is 11.2 Å². The summed E-state index contributed by atoms with van der Waals surface area (Å²) in [5.41, 5.74) is 2.39. The van der Waals surface area contributed by atoms with Crippen molar-refractivity contribution in [3.63, 3.8) is 0 Å². The van der Waals surface area contributed by atoms with Crippen LogP contribution in [0.15, 0.2) is 41.0 Å². The second-order valence-corrected chi connectivity index (χ2v) is 10.00. The molecular weight excluding hydrogens is 426 g/mol. The maximum Gasteiger partial charge on any atom is 0.276 e. The summed E-state index contributed by atoms with van der Waals surface area (Å²) < 4.78 is 7.45. The molecule has 0 bridgehead atoms. The quantitative estimate of drug-likeness (QED) is 0.584. The Morgan fingerprint density at radius 1 is 1.19 bits per heavy atom. The van der Waals surface area contributed by atoms with Crippen LogP contribution in [0.3, 0.4) is 0 Å². The number of nitrogens with zero attached hydrogens (tertiary/aromatic N) is 2. The van der Waals surface area contributed by atoms with E-state index in [9.17, 15) is 9.59 Å². The molecule has 0 radical (unpaired) electrons. The Labute approximate surface area is 192 Å². The number of amides is 2. The molecule has 1 N–H and O–H groups in total. The molecule has 1 aliphatic heterocycles. The summed E-state index contributed by atoms with van der Waals surface area (Å²) in [7, 11) is 0. The smallest absolute Gasteiger partial charge is 0.276 e. The van der Waals surface area contributed by atoms with Gasteiger partial charge in [-0.05, 0) is 63.1 Å². The second-order valence-electron chi connectivity index (χ2n) is 9.56. The molecule has 6 nitrogen and oxygen atoms in total. The van der Waals surface area contributed by atoms with Crippen molar-refractivity contribution < 1.29 is 14.0 Å². The molecule has 168 valence electrons. The van der Waals surface area contributed by atoms with Crippen molar-refractivity contribution in [3.8, 4) is 0 Å². The van der Waals surface area contributed by atoms with Gasteiger partial charge in [-0.25, -0.2) is 0 Å². The minimum Gasteiger partial charge on any atom is -0.463 e. The molecule has 32 heavy (non-hydrogen) atoms. The number of aryl methyl sites for hydroxylation is 1. The number of rotatable bonds is 3. The van der Waals surface area contributed by atoms with Gasteiger partial charge in [0, 0.05) is 28.9 Å². The van der Waals surface area contributed by atoms with E-state index in [0.29, 0.717) is 34.4 Å². The number of carbonyl (C=O) groups is 2. The lowest BCUT2D eigenvalue weighted by atomic mass is 9.86. The van der Waals surface area contributed by atoms with Crippen LogP contribution < -0.4 is 10.2 Å². The predicted molar refractivity (Wildman–Crippen MR) is 125 cm³/mol. The molecule has 0 saturated heterocycles. The van der Waals surface area contributed by atoms with Crippen molar-refractivity contribution in [2.24, 2.45) is 5.92 Å². The van der Waals surface area contributed by atoms with E-state index in [1.165, 1.54) is 0 Å². The highest BCUT2D eigenvalue weighted by Gasteiger charge is 2.49. The number of anilines is 1. The summed E-state index contributed by atoms with van der Waals surface area (Å²) in [4.78, 5) is 29.3. The third kappa shape index (κ3) is 3.32. The van der Waals surface area contributed by atoms with Crippen LogP contribution in [0, 0.1) is 12.8 Å². The molecule has 1 aromatic carbocycles. The average molecular weight is 454 g/mol. The molecule has 0 spiro atoms. The first kappa shape index (κ1) is 21.1. The molecule has 2 aromatic heterocycles. The van der Waals surface area contributed by atoms with Crippen molar-refractivity contribution in [2.75, 3.05) is 4.90 Å². The summed E-state index contributed by atoms with van der Waals surface area (Å²) in [6, 6.07) is 9.17. The molecule has 2 aliphatic rings. The zero-order valence-electron chi connectivity index (χ0n) is 18.7. The normalized spacial score (nSPS) is 25.8. The fourth-order valence-electron chi connectivity index (χ4n) is 5.16. The maximum atomic E-state index is 13.8. The van der Waals surface area contributed by atoms with E-state index >= 15 is 0 Å². The lowest BCUT2D eigenvalue weighted by Crippen LogP contribution is -2.65. The van der Waals surface area contributed by atoms with E-state index in [2.05, 4.69) is 12.2 Å². The van der Waals surface area contributed by atoms with Crippen LogP contribution in [-0.4, -0.2) is 28.0 Å². The third-order valence-electron chi connectivity index (χ3n) is 7.16. The molecule has 3 aromatic rings. The average Bonchev–Trinajstić information content (AvgIpc) is 3.35. The summed E-state index contributed by atoms with van der Waals surface area (Å²) in [6.07, 6.45) is 5.75. The van der Waals surface area contributed by atoms with Gasteiger partial charge in [-0.15, -0.1) is 0 Å². The summed E-state index contributed by atoms with van der Waals surface area (Å²) in [5.74, 6) is 0.320. The van der Waals surface area contributed by atoms with Crippen LogP contribution in [0.2, 0.25) is 5.02 Å². The number of halogens is 1. The Morgan fingerprint density at radius 3 is 2.69 bits per heavy atom. The van der Waals surface area contributed by atoms with Crippen molar-refractivity contribution in [3.05, 3.63) is 52.9 Å². The molecular formula is C25H28ClN3O3. The zero-order chi connectivity index (χ0) is 22.6. The molecule has 1 aliphatic carbocycles. The standard InChI is InChI=1S/C25H28ClN3O3/c1-15-4-8-18(9-5-15)27-24(31)25(3)14-28-19-10-11-32-22(19)13-21(28)23(30)29(25)20-12-17(26)7-6-16(20)2/h6-7,10-13,15,18H,4-5,8-9,14H2,1-3H3,(H,27,31). The first-order valence-corrected chi connectivity index (χ1v) is 11.6. The van der Waals surface area contributed by atoms with Gasteiger partial charge in [0.05, 0.1) is 18.3 Å². The minimum absolute atomic E-state index is 0.132. The topological polar surface area (TPSA) is 67.5 Å². The molecule has 1 fully saturated rings. The van der Waals surface area contributed by atoms with Gasteiger partial charge in [0.2, 0.25) is 5.91 Å². The van der Waals surface area contributed by atoms with Gasteiger partial charge in [-0.1, -0.05) is 24.6 Å². The number of furan rings is 1. The van der Waals surface area contributed by atoms with E-state index in [4.69, 9.17) is 16.0 Å². The monoisotopic (exact) mass is 453 g/mol. The summed E-state index contributed by atoms with van der Waals surface area (Å²) in [5, 5.41) is 3.79. The predicted octanol–water partition coefficient (Wildman–Crippen LogP) is 5.31. The molecule has 2 amide bonds. The first-order chi connectivity index (χ1) is 15.3. The number of fused-ring (bicyclic) bond motifs is 3. The molecule has 3 heterocycles. The van der Waals surface area contributed by atoms with Gasteiger partial charge in [-0.3, -0.25) is 14.5 Å². The lowest BCUT2D eigenvalue weighted by molar-refractivity contribution is -0.127. The van der Waals surface area contributed by atoms with Crippen LogP contribution in [0.1, 0.15) is 55.6 Å². The Hall–Kier alpha value is -2.73. The highest BCUT2D eigenvalue weighted by molar-refractivity contribution is 6.31. The second kappa shape index (κ2) is 7.69. The largest absolute Gasteiger partial charge is 0.463 e. The van der Waals surface area contributed by atoms with Gasteiger partial charge < -0.3 is 14.3 Å². The van der Waals surface area contributed by atoms with E-state index in [0.717, 1.165) is 36.8 Å². The SMILES string of the molecule is Cc1ccc(Cl)cc1N1C(=O)c2cc3occc3n2CC1(C)C(=O)NC1CCC(C)CC1. The summed E-state index contributed by atoms with van der Waals surface area (Å²) in [6.45, 7) is 6.37. The molecule has 1 atom stereocenters. The summed E-state index contributed by atoms with van der Waals surface area (Å²) >= 11 is 6.31. The Balaban J connectivity index is 1.59. The number of benzene rings is 1. The highest BCUT2D eigenvalue weighted by atomic mass is 35.5. The van der Waals surface area contributed by atoms with Crippen LogP contribution in [0.25, 0.3) is 11.1 Å². The van der Waals surface area contributed by atoms with Gasteiger partial charge in [0.25, 0.3) is 5.91 Å². The fourth-order valence-corrected chi connectivity index (χ4v) is 5.33. The Morgan fingerprint density at radius 2 is 1.94 bits per heavy atom. The van der Waals surface area contributed by atoms with Crippen LogP contribution >= 0.6 is 11.6 Å². The lowest BCUT2D eigenvalue weighted by Gasteiger charge is -2.45. The number of aromatic nitrogens is 1. The van der Waals surface area contributed by atoms with Gasteiger partial charge >= 0.3 is 0 Å². The maximum absolute atomic E-state index is 13.8. The highest BCUT2D eigenvalue weighted by Crippen LogP contribution is 2.38. The molecule has 1 saturated carbocycles. The minimum atomic E-state index is -1.12. The first-order valence-electron chi connectivity index (χ1n) is 11.3. The van der Waals surface area contributed by atoms with Gasteiger partial charge in [-0.2, -0.15) is 0 Å². The molecule has 5 rings (SSSR count). The van der Waals surface area contributed by atoms with Crippen molar-refractivity contribution in [1.29, 1.82) is 0 Å². The zero-order valence-corrected chi connectivity index (χ0v) is 19.4.